The van der Waals surface area contributed by atoms with Gasteiger partial charge in [0.2, 0.25) is 0 Å². The molecule has 0 aromatic heterocycles. The van der Waals surface area contributed by atoms with Gasteiger partial charge in [-0.3, -0.25) is 10.1 Å². The molecular formula is C16H21NO4. The highest BCUT2D eigenvalue weighted by molar-refractivity contribution is 5.89. The van der Waals surface area contributed by atoms with Crippen LogP contribution in [0.1, 0.15) is 49.4 Å². The first kappa shape index (κ1) is 15.5. The highest BCUT2D eigenvalue weighted by atomic mass is 16.6. The molecule has 21 heavy (non-hydrogen) atoms. The van der Waals surface area contributed by atoms with Crippen LogP contribution >= 0.6 is 0 Å². The minimum Gasteiger partial charge on any atom is -0.462 e. The van der Waals surface area contributed by atoms with Crippen molar-refractivity contribution in [2.45, 2.75) is 39.0 Å². The molecule has 2 rings (SSSR count). The highest BCUT2D eigenvalue weighted by Gasteiger charge is 2.21. The van der Waals surface area contributed by atoms with Crippen LogP contribution in [0.3, 0.4) is 0 Å². The Kier molecular flexibility index (Phi) is 5.31. The quantitative estimate of drug-likeness (QED) is 0.467. The SMILES string of the molecule is C[C@H](COC(=O)c1ccc([N+](=O)[O-])cc1)C1CCCCC1. The average Bonchev–Trinajstić information content (AvgIpc) is 2.53. The molecule has 0 unspecified atom stereocenters. The average molecular weight is 291 g/mol. The molecule has 0 aliphatic heterocycles. The first-order valence-corrected chi connectivity index (χ1v) is 7.49. The molecule has 0 heterocycles. The Morgan fingerprint density at radius 3 is 2.48 bits per heavy atom. The van der Waals surface area contributed by atoms with Crippen LogP contribution < -0.4 is 0 Å². The molecule has 0 bridgehead atoms. The number of rotatable bonds is 5. The van der Waals surface area contributed by atoms with Gasteiger partial charge >= 0.3 is 5.97 Å². The molecule has 5 nitrogen and oxygen atoms in total. The molecule has 0 spiro atoms. The Morgan fingerprint density at radius 2 is 1.90 bits per heavy atom. The van der Waals surface area contributed by atoms with E-state index in [1.54, 1.807) is 0 Å². The van der Waals surface area contributed by atoms with E-state index in [2.05, 4.69) is 6.92 Å². The fraction of sp³-hybridized carbons (Fsp3) is 0.562. The molecule has 1 aliphatic rings. The zero-order valence-electron chi connectivity index (χ0n) is 12.3. The molecule has 1 aromatic rings. The minimum absolute atomic E-state index is 0.0258. The second kappa shape index (κ2) is 7.20. The van der Waals surface area contributed by atoms with Gasteiger partial charge in [-0.2, -0.15) is 0 Å². The number of ether oxygens (including phenoxy) is 1. The van der Waals surface area contributed by atoms with Crippen molar-refractivity contribution in [3.8, 4) is 0 Å². The summed E-state index contributed by atoms with van der Waals surface area (Å²) in [7, 11) is 0. The van der Waals surface area contributed by atoms with Crippen LogP contribution in [0, 0.1) is 22.0 Å². The number of hydrogen-bond donors (Lipinski definition) is 0. The van der Waals surface area contributed by atoms with Crippen molar-refractivity contribution in [3.63, 3.8) is 0 Å². The highest BCUT2D eigenvalue weighted by Crippen LogP contribution is 2.30. The third kappa shape index (κ3) is 4.28. The van der Waals surface area contributed by atoms with Crippen molar-refractivity contribution in [2.24, 2.45) is 11.8 Å². The summed E-state index contributed by atoms with van der Waals surface area (Å²) in [6.45, 7) is 2.54. The van der Waals surface area contributed by atoms with Crippen molar-refractivity contribution in [1.29, 1.82) is 0 Å². The van der Waals surface area contributed by atoms with Gasteiger partial charge in [-0.05, 0) is 24.0 Å². The second-order valence-corrected chi connectivity index (χ2v) is 5.78. The minimum atomic E-state index is -0.486. The first-order valence-electron chi connectivity index (χ1n) is 7.49. The number of nitro groups is 1. The van der Waals surface area contributed by atoms with Gasteiger partial charge in [0.05, 0.1) is 17.1 Å². The van der Waals surface area contributed by atoms with Gasteiger partial charge in [-0.1, -0.05) is 39.0 Å². The van der Waals surface area contributed by atoms with Gasteiger partial charge in [-0.15, -0.1) is 0 Å². The van der Waals surface area contributed by atoms with Crippen molar-refractivity contribution < 1.29 is 14.5 Å². The van der Waals surface area contributed by atoms with E-state index in [9.17, 15) is 14.9 Å². The lowest BCUT2D eigenvalue weighted by Gasteiger charge is -2.27. The molecule has 1 aromatic carbocycles. The van der Waals surface area contributed by atoms with E-state index < -0.39 is 10.9 Å². The van der Waals surface area contributed by atoms with E-state index >= 15 is 0 Å². The van der Waals surface area contributed by atoms with Crippen LogP contribution in [-0.2, 0) is 4.74 Å². The molecule has 5 heteroatoms. The summed E-state index contributed by atoms with van der Waals surface area (Å²) in [4.78, 5) is 22.0. The van der Waals surface area contributed by atoms with E-state index in [1.165, 1.54) is 56.4 Å². The standard InChI is InChI=1S/C16H21NO4/c1-12(13-5-3-2-4-6-13)11-21-16(18)14-7-9-15(10-8-14)17(19)20/h7-10,12-13H,2-6,11H2,1H3/t12-/m1/s1. The molecule has 0 N–H and O–H groups in total. The predicted molar refractivity (Wildman–Crippen MR) is 79.1 cm³/mol. The van der Waals surface area contributed by atoms with Gasteiger partial charge in [0, 0.05) is 12.1 Å². The van der Waals surface area contributed by atoms with Crippen molar-refractivity contribution in [3.05, 3.63) is 39.9 Å². The third-order valence-electron chi connectivity index (χ3n) is 4.25. The van der Waals surface area contributed by atoms with Crippen LogP contribution in [0.2, 0.25) is 0 Å². The normalized spacial score (nSPS) is 17.2. The smallest absolute Gasteiger partial charge is 0.338 e. The Balaban J connectivity index is 1.84. The van der Waals surface area contributed by atoms with E-state index in [1.807, 2.05) is 0 Å². The fourth-order valence-corrected chi connectivity index (χ4v) is 2.85. The van der Waals surface area contributed by atoms with Gasteiger partial charge in [0.1, 0.15) is 0 Å². The Hall–Kier alpha value is -1.91. The van der Waals surface area contributed by atoms with E-state index in [-0.39, 0.29) is 5.69 Å². The first-order chi connectivity index (χ1) is 10.1. The summed E-state index contributed by atoms with van der Waals surface area (Å²) in [6.07, 6.45) is 6.29. The van der Waals surface area contributed by atoms with Crippen LogP contribution in [0.5, 0.6) is 0 Å². The molecule has 0 amide bonds. The summed E-state index contributed by atoms with van der Waals surface area (Å²) in [5, 5.41) is 10.6. The van der Waals surface area contributed by atoms with Crippen LogP contribution in [0.4, 0.5) is 5.69 Å². The molecular weight excluding hydrogens is 270 g/mol. The van der Waals surface area contributed by atoms with Crippen molar-refractivity contribution in [2.75, 3.05) is 6.61 Å². The zero-order chi connectivity index (χ0) is 15.2. The lowest BCUT2D eigenvalue weighted by atomic mass is 9.81. The van der Waals surface area contributed by atoms with Crippen molar-refractivity contribution in [1.82, 2.24) is 0 Å². The lowest BCUT2D eigenvalue weighted by Crippen LogP contribution is -2.21. The molecule has 1 fully saturated rings. The van der Waals surface area contributed by atoms with Crippen LogP contribution in [-0.4, -0.2) is 17.5 Å². The number of nitro benzene ring substituents is 1. The summed E-state index contributed by atoms with van der Waals surface area (Å²) in [6, 6.07) is 5.51. The molecule has 0 radical (unpaired) electrons. The van der Waals surface area contributed by atoms with Crippen LogP contribution in [0.15, 0.2) is 24.3 Å². The number of carbonyl (C=O) groups is 1. The zero-order valence-corrected chi connectivity index (χ0v) is 12.3. The number of non-ortho nitro benzene ring substituents is 1. The van der Waals surface area contributed by atoms with E-state index in [0.717, 1.165) is 0 Å². The topological polar surface area (TPSA) is 69.4 Å². The Bertz CT molecular complexity index is 492. The summed E-state index contributed by atoms with van der Waals surface area (Å²) in [5.74, 6) is 0.600. The van der Waals surface area contributed by atoms with Gasteiger partial charge in [0.15, 0.2) is 0 Å². The number of hydrogen-bond acceptors (Lipinski definition) is 4. The monoisotopic (exact) mass is 291 g/mol. The van der Waals surface area contributed by atoms with Crippen LogP contribution in [0.25, 0.3) is 0 Å². The second-order valence-electron chi connectivity index (χ2n) is 5.78. The maximum atomic E-state index is 11.9. The molecule has 1 atom stereocenters. The summed E-state index contributed by atoms with van der Waals surface area (Å²) >= 11 is 0. The number of esters is 1. The van der Waals surface area contributed by atoms with Gasteiger partial charge < -0.3 is 4.74 Å². The lowest BCUT2D eigenvalue weighted by molar-refractivity contribution is -0.384. The number of nitrogens with zero attached hydrogens (tertiary/aromatic N) is 1. The summed E-state index contributed by atoms with van der Waals surface area (Å²) < 4.78 is 5.33. The summed E-state index contributed by atoms with van der Waals surface area (Å²) in [5.41, 5.74) is 0.332. The maximum absolute atomic E-state index is 11.9. The molecule has 1 saturated carbocycles. The molecule has 0 saturated heterocycles. The van der Waals surface area contributed by atoms with Crippen molar-refractivity contribution >= 4 is 11.7 Å². The molecule has 114 valence electrons. The largest absolute Gasteiger partial charge is 0.462 e. The number of carbonyl (C=O) groups excluding carboxylic acids is 1. The van der Waals surface area contributed by atoms with Gasteiger partial charge in [-0.25, -0.2) is 4.79 Å². The maximum Gasteiger partial charge on any atom is 0.338 e. The Labute approximate surface area is 124 Å². The molecule has 1 aliphatic carbocycles. The fourth-order valence-electron chi connectivity index (χ4n) is 2.85. The van der Waals surface area contributed by atoms with E-state index in [4.69, 9.17) is 4.74 Å². The third-order valence-corrected chi connectivity index (χ3v) is 4.25. The Morgan fingerprint density at radius 1 is 1.29 bits per heavy atom. The van der Waals surface area contributed by atoms with Gasteiger partial charge in [0.25, 0.3) is 5.69 Å². The van der Waals surface area contributed by atoms with E-state index in [0.29, 0.717) is 24.0 Å². The predicted octanol–water partition coefficient (Wildman–Crippen LogP) is 3.97. The number of benzene rings is 1.